The Hall–Kier alpha value is -1.76. The number of aryl methyl sites for hydroxylation is 1. The highest BCUT2D eigenvalue weighted by Crippen LogP contribution is 2.26. The molecular weight excluding hydrogens is 322 g/mol. The second kappa shape index (κ2) is 5.48. The molecule has 7 heteroatoms. The Morgan fingerprint density at radius 3 is 2.74 bits per heavy atom. The second-order valence-corrected chi connectivity index (χ2v) is 4.63. The lowest BCUT2D eigenvalue weighted by Crippen LogP contribution is -1.99. The van der Waals surface area contributed by atoms with Crippen molar-refractivity contribution < 1.29 is 18.7 Å². The molecule has 0 radical (unpaired) electrons. The Balaban J connectivity index is 2.37. The van der Waals surface area contributed by atoms with Crippen molar-refractivity contribution in [1.29, 1.82) is 0 Å². The van der Waals surface area contributed by atoms with Crippen molar-refractivity contribution in [1.82, 2.24) is 9.97 Å². The van der Waals surface area contributed by atoms with Crippen LogP contribution in [-0.4, -0.2) is 21.0 Å². The maximum Gasteiger partial charge on any atom is 0.303 e. The minimum Gasteiger partial charge on any atom is -0.481 e. The smallest absolute Gasteiger partial charge is 0.303 e. The number of hydrogen-bond acceptors (Lipinski definition) is 2. The van der Waals surface area contributed by atoms with E-state index in [4.69, 9.17) is 5.11 Å². The van der Waals surface area contributed by atoms with Gasteiger partial charge < -0.3 is 10.1 Å². The Bertz CT molecular complexity index is 628. The lowest BCUT2D eigenvalue weighted by atomic mass is 10.1. The molecule has 2 aromatic rings. The molecule has 0 aliphatic rings. The van der Waals surface area contributed by atoms with E-state index in [2.05, 4.69) is 25.9 Å². The van der Waals surface area contributed by atoms with Crippen LogP contribution in [0.2, 0.25) is 0 Å². The number of aromatic amines is 1. The summed E-state index contributed by atoms with van der Waals surface area (Å²) in [4.78, 5) is 17.5. The molecule has 0 fully saturated rings. The van der Waals surface area contributed by atoms with E-state index < -0.39 is 17.6 Å². The maximum absolute atomic E-state index is 13.2. The van der Waals surface area contributed by atoms with Crippen molar-refractivity contribution in [3.05, 3.63) is 40.3 Å². The Kier molecular flexibility index (Phi) is 3.94. The van der Waals surface area contributed by atoms with E-state index >= 15 is 0 Å². The number of H-pyrrole nitrogens is 1. The fourth-order valence-electron chi connectivity index (χ4n) is 1.67. The van der Waals surface area contributed by atoms with Gasteiger partial charge in [0.1, 0.15) is 0 Å². The first-order valence-electron chi connectivity index (χ1n) is 5.39. The summed E-state index contributed by atoms with van der Waals surface area (Å²) in [5.41, 5.74) is 1.36. The third-order valence-corrected chi connectivity index (χ3v) is 2.91. The van der Waals surface area contributed by atoms with E-state index in [0.29, 0.717) is 21.7 Å². The molecule has 0 spiro atoms. The number of imidazole rings is 1. The van der Waals surface area contributed by atoms with Crippen LogP contribution in [0.3, 0.4) is 0 Å². The molecule has 0 bridgehead atoms. The van der Waals surface area contributed by atoms with Gasteiger partial charge in [0.15, 0.2) is 16.4 Å². The number of aliphatic carboxylic acids is 1. The summed E-state index contributed by atoms with van der Waals surface area (Å²) in [6.45, 7) is 0. The summed E-state index contributed by atoms with van der Waals surface area (Å²) in [6, 6.07) is 3.43. The fraction of sp³-hybridized carbons (Fsp3) is 0.167. The fourth-order valence-corrected chi connectivity index (χ4v) is 2.09. The minimum atomic E-state index is -0.971. The predicted octanol–water partition coefficient (Wildman–Crippen LogP) is 3.13. The van der Waals surface area contributed by atoms with E-state index in [9.17, 15) is 13.6 Å². The molecule has 1 aromatic heterocycles. The number of carboxylic acids is 1. The van der Waals surface area contributed by atoms with Crippen LogP contribution in [0.4, 0.5) is 8.78 Å². The van der Waals surface area contributed by atoms with Gasteiger partial charge in [-0.3, -0.25) is 4.79 Å². The molecule has 0 saturated heterocycles. The highest BCUT2D eigenvalue weighted by molar-refractivity contribution is 9.10. The van der Waals surface area contributed by atoms with Crippen LogP contribution in [0.5, 0.6) is 0 Å². The van der Waals surface area contributed by atoms with Crippen molar-refractivity contribution >= 4 is 21.9 Å². The molecule has 1 heterocycles. The number of carbonyl (C=O) groups is 1. The van der Waals surface area contributed by atoms with Gasteiger partial charge in [-0.1, -0.05) is 0 Å². The summed E-state index contributed by atoms with van der Waals surface area (Å²) in [6.07, 6.45) is 0.146. The van der Waals surface area contributed by atoms with E-state index in [-0.39, 0.29) is 12.8 Å². The zero-order chi connectivity index (χ0) is 14.0. The highest BCUT2D eigenvalue weighted by Gasteiger charge is 2.14. The summed E-state index contributed by atoms with van der Waals surface area (Å²) >= 11 is 3.14. The number of hydrogen-bond donors (Lipinski definition) is 2. The SMILES string of the molecule is O=C(O)CCc1[nH]c(Br)nc1-c1ccc(F)c(F)c1. The summed E-state index contributed by atoms with van der Waals surface area (Å²) in [5.74, 6) is -2.85. The lowest BCUT2D eigenvalue weighted by Gasteiger charge is -2.02. The van der Waals surface area contributed by atoms with Crippen LogP contribution in [0.15, 0.2) is 22.9 Å². The van der Waals surface area contributed by atoms with Crippen molar-refractivity contribution in [2.75, 3.05) is 0 Å². The number of nitrogens with one attached hydrogen (secondary N) is 1. The van der Waals surface area contributed by atoms with Crippen LogP contribution in [0.1, 0.15) is 12.1 Å². The quantitative estimate of drug-likeness (QED) is 0.905. The average molecular weight is 331 g/mol. The second-order valence-electron chi connectivity index (χ2n) is 3.88. The standard InChI is InChI=1S/C12H9BrF2N2O2/c13-12-16-9(3-4-10(18)19)11(17-12)6-1-2-7(14)8(15)5-6/h1-2,5H,3-4H2,(H,16,17)(H,18,19). The summed E-state index contributed by atoms with van der Waals surface area (Å²) in [7, 11) is 0. The molecule has 0 saturated carbocycles. The molecule has 4 nitrogen and oxygen atoms in total. The van der Waals surface area contributed by atoms with Crippen LogP contribution < -0.4 is 0 Å². The van der Waals surface area contributed by atoms with Gasteiger partial charge in [-0.05, 0) is 34.1 Å². The number of benzene rings is 1. The van der Waals surface area contributed by atoms with Crippen LogP contribution >= 0.6 is 15.9 Å². The zero-order valence-corrected chi connectivity index (χ0v) is 11.2. The van der Waals surface area contributed by atoms with Gasteiger partial charge in [0.05, 0.1) is 12.1 Å². The number of rotatable bonds is 4. The zero-order valence-electron chi connectivity index (χ0n) is 9.58. The van der Waals surface area contributed by atoms with Crippen LogP contribution in [0.25, 0.3) is 11.3 Å². The molecule has 0 aliphatic heterocycles. The van der Waals surface area contributed by atoms with E-state index in [1.54, 1.807) is 0 Å². The Labute approximate surface area is 115 Å². The largest absolute Gasteiger partial charge is 0.481 e. The van der Waals surface area contributed by atoms with Crippen molar-refractivity contribution in [2.45, 2.75) is 12.8 Å². The Morgan fingerprint density at radius 1 is 1.37 bits per heavy atom. The van der Waals surface area contributed by atoms with Gasteiger partial charge in [0.25, 0.3) is 0 Å². The third-order valence-electron chi connectivity index (χ3n) is 2.53. The van der Waals surface area contributed by atoms with E-state index in [0.717, 1.165) is 12.1 Å². The highest BCUT2D eigenvalue weighted by atomic mass is 79.9. The van der Waals surface area contributed by atoms with Crippen molar-refractivity contribution in [2.24, 2.45) is 0 Å². The number of halogens is 3. The third kappa shape index (κ3) is 3.17. The average Bonchev–Trinajstić information content (AvgIpc) is 2.71. The normalized spacial score (nSPS) is 10.7. The molecule has 19 heavy (non-hydrogen) atoms. The van der Waals surface area contributed by atoms with E-state index in [1.807, 2.05) is 0 Å². The molecule has 0 aliphatic carbocycles. The Morgan fingerprint density at radius 2 is 2.11 bits per heavy atom. The van der Waals surface area contributed by atoms with Crippen LogP contribution in [0, 0.1) is 11.6 Å². The molecular formula is C12H9BrF2N2O2. The van der Waals surface area contributed by atoms with Crippen LogP contribution in [-0.2, 0) is 11.2 Å². The first-order valence-corrected chi connectivity index (χ1v) is 6.18. The van der Waals surface area contributed by atoms with Gasteiger partial charge in [0, 0.05) is 17.7 Å². The van der Waals surface area contributed by atoms with Crippen molar-refractivity contribution in [3.8, 4) is 11.3 Å². The molecule has 1 aromatic carbocycles. The molecule has 0 unspecified atom stereocenters. The summed E-state index contributed by atoms with van der Waals surface area (Å²) in [5, 5.41) is 8.67. The lowest BCUT2D eigenvalue weighted by molar-refractivity contribution is -0.136. The van der Waals surface area contributed by atoms with Crippen molar-refractivity contribution in [3.63, 3.8) is 0 Å². The molecule has 0 atom stereocenters. The monoisotopic (exact) mass is 330 g/mol. The topological polar surface area (TPSA) is 66.0 Å². The number of nitrogens with zero attached hydrogens (tertiary/aromatic N) is 1. The van der Waals surface area contributed by atoms with Gasteiger partial charge in [-0.15, -0.1) is 0 Å². The predicted molar refractivity (Wildman–Crippen MR) is 67.6 cm³/mol. The number of carboxylic acid groups (broad SMARTS) is 1. The first-order chi connectivity index (χ1) is 8.97. The first kappa shape index (κ1) is 13.7. The number of aromatic nitrogens is 2. The minimum absolute atomic E-state index is 0.0781. The van der Waals surface area contributed by atoms with E-state index in [1.165, 1.54) is 6.07 Å². The summed E-state index contributed by atoms with van der Waals surface area (Å²) < 4.78 is 26.5. The van der Waals surface area contributed by atoms with Gasteiger partial charge in [0.2, 0.25) is 0 Å². The van der Waals surface area contributed by atoms with Gasteiger partial charge in [-0.25, -0.2) is 13.8 Å². The molecule has 0 amide bonds. The van der Waals surface area contributed by atoms with Gasteiger partial charge in [-0.2, -0.15) is 0 Å². The maximum atomic E-state index is 13.2. The molecule has 100 valence electrons. The molecule has 2 rings (SSSR count). The molecule has 2 N–H and O–H groups in total. The van der Waals surface area contributed by atoms with Gasteiger partial charge >= 0.3 is 5.97 Å².